The maximum absolute atomic E-state index is 4.24. The fraction of sp³-hybridized carbons (Fsp3) is 0.600. The molecule has 0 N–H and O–H groups in total. The molecule has 0 amide bonds. The van der Waals surface area contributed by atoms with E-state index in [1.165, 1.54) is 0 Å². The van der Waals surface area contributed by atoms with Gasteiger partial charge in [-0.25, -0.2) is 9.97 Å². The van der Waals surface area contributed by atoms with E-state index < -0.39 is 0 Å². The fourth-order valence-corrected chi connectivity index (χ4v) is 1.41. The predicted octanol–water partition coefficient (Wildman–Crippen LogP) is 3.59. The summed E-state index contributed by atoms with van der Waals surface area (Å²) in [7, 11) is 0. The van der Waals surface area contributed by atoms with Crippen LogP contribution in [0.2, 0.25) is 0 Å². The molecule has 1 rings (SSSR count). The van der Waals surface area contributed by atoms with Gasteiger partial charge < -0.3 is 0 Å². The lowest BCUT2D eigenvalue weighted by molar-refractivity contribution is 0.394. The number of hydrogen-bond acceptors (Lipinski definition) is 2. The molecule has 0 aliphatic rings. The van der Waals surface area contributed by atoms with Gasteiger partial charge in [0.25, 0.3) is 0 Å². The summed E-state index contributed by atoms with van der Waals surface area (Å²) in [5, 5.41) is 0. The van der Waals surface area contributed by atoms with Crippen LogP contribution in [0.5, 0.6) is 0 Å². The molecule has 1 aromatic heterocycles. The van der Waals surface area contributed by atoms with Crippen LogP contribution in [0.4, 0.5) is 0 Å². The van der Waals surface area contributed by atoms with Crippen molar-refractivity contribution >= 4 is 31.9 Å². The molecule has 0 aliphatic carbocycles. The standard InChI is InChI=1S/C10H14Br2N2/c1-10(2,3)8(12)4-9-13-5-7(11)6-14-9/h5-6,8H,4H2,1-3H3. The second-order valence-corrected chi connectivity index (χ2v) is 6.38. The van der Waals surface area contributed by atoms with E-state index >= 15 is 0 Å². The van der Waals surface area contributed by atoms with E-state index in [2.05, 4.69) is 62.6 Å². The predicted molar refractivity (Wildman–Crippen MR) is 65.6 cm³/mol. The van der Waals surface area contributed by atoms with Crippen LogP contribution >= 0.6 is 31.9 Å². The van der Waals surface area contributed by atoms with Crippen molar-refractivity contribution in [2.45, 2.75) is 32.0 Å². The number of halogens is 2. The van der Waals surface area contributed by atoms with E-state index in [1.54, 1.807) is 12.4 Å². The Bertz CT molecular complexity index is 290. The topological polar surface area (TPSA) is 25.8 Å². The highest BCUT2D eigenvalue weighted by Gasteiger charge is 2.22. The van der Waals surface area contributed by atoms with E-state index in [4.69, 9.17) is 0 Å². The van der Waals surface area contributed by atoms with E-state index in [-0.39, 0.29) is 5.41 Å². The molecule has 0 saturated carbocycles. The molecule has 1 atom stereocenters. The average Bonchev–Trinajstić information content (AvgIpc) is 2.07. The molecule has 78 valence electrons. The van der Waals surface area contributed by atoms with E-state index in [0.29, 0.717) is 4.83 Å². The monoisotopic (exact) mass is 320 g/mol. The highest BCUT2D eigenvalue weighted by atomic mass is 79.9. The minimum absolute atomic E-state index is 0.233. The molecule has 0 fully saturated rings. The van der Waals surface area contributed by atoms with Gasteiger partial charge in [0, 0.05) is 23.6 Å². The van der Waals surface area contributed by atoms with Crippen LogP contribution in [0, 0.1) is 5.41 Å². The van der Waals surface area contributed by atoms with Gasteiger partial charge in [-0.1, -0.05) is 36.7 Å². The lowest BCUT2D eigenvalue weighted by atomic mass is 9.90. The molecule has 4 heteroatoms. The SMILES string of the molecule is CC(C)(C)C(Br)Cc1ncc(Br)cn1. The van der Waals surface area contributed by atoms with E-state index in [0.717, 1.165) is 16.7 Å². The Labute approximate surface area is 102 Å². The zero-order valence-corrected chi connectivity index (χ0v) is 11.8. The highest BCUT2D eigenvalue weighted by Crippen LogP contribution is 2.28. The summed E-state index contributed by atoms with van der Waals surface area (Å²) < 4.78 is 0.920. The van der Waals surface area contributed by atoms with E-state index in [9.17, 15) is 0 Å². The second-order valence-electron chi connectivity index (χ2n) is 4.36. The number of nitrogens with zero attached hydrogens (tertiary/aromatic N) is 2. The molecular formula is C10H14Br2N2. The van der Waals surface area contributed by atoms with Gasteiger partial charge in [0.05, 0.1) is 4.47 Å². The molecule has 0 aromatic carbocycles. The van der Waals surface area contributed by atoms with Gasteiger partial charge >= 0.3 is 0 Å². The van der Waals surface area contributed by atoms with Gasteiger partial charge in [0.1, 0.15) is 5.82 Å². The third-order valence-electron chi connectivity index (χ3n) is 1.98. The third kappa shape index (κ3) is 3.65. The summed E-state index contributed by atoms with van der Waals surface area (Å²) in [4.78, 5) is 8.89. The Morgan fingerprint density at radius 3 is 2.21 bits per heavy atom. The van der Waals surface area contributed by atoms with Crippen molar-refractivity contribution in [1.82, 2.24) is 9.97 Å². The number of hydrogen-bond donors (Lipinski definition) is 0. The first-order valence-electron chi connectivity index (χ1n) is 4.50. The molecule has 0 saturated heterocycles. The molecular weight excluding hydrogens is 308 g/mol. The van der Waals surface area contributed by atoms with Crippen molar-refractivity contribution in [2.75, 3.05) is 0 Å². The van der Waals surface area contributed by atoms with Gasteiger partial charge in [0.2, 0.25) is 0 Å². The van der Waals surface area contributed by atoms with Crippen molar-refractivity contribution < 1.29 is 0 Å². The smallest absolute Gasteiger partial charge is 0.129 e. The van der Waals surface area contributed by atoms with Crippen LogP contribution in [0.3, 0.4) is 0 Å². The van der Waals surface area contributed by atoms with E-state index in [1.807, 2.05) is 0 Å². The molecule has 0 spiro atoms. The zero-order chi connectivity index (χ0) is 10.8. The average molecular weight is 322 g/mol. The lowest BCUT2D eigenvalue weighted by Crippen LogP contribution is -2.23. The Morgan fingerprint density at radius 2 is 1.79 bits per heavy atom. The Hall–Kier alpha value is 0.0400. The Balaban J connectivity index is 2.65. The number of aromatic nitrogens is 2. The van der Waals surface area contributed by atoms with Crippen LogP contribution in [0.15, 0.2) is 16.9 Å². The Kier molecular flexibility index (Phi) is 4.07. The van der Waals surface area contributed by atoms with Crippen molar-refractivity contribution in [1.29, 1.82) is 0 Å². The quantitative estimate of drug-likeness (QED) is 0.778. The van der Waals surface area contributed by atoms with Gasteiger partial charge in [-0.15, -0.1) is 0 Å². The first-order chi connectivity index (χ1) is 6.39. The van der Waals surface area contributed by atoms with Crippen LogP contribution in [-0.2, 0) is 6.42 Å². The second kappa shape index (κ2) is 4.71. The largest absolute Gasteiger partial charge is 0.240 e. The van der Waals surface area contributed by atoms with Crippen molar-refractivity contribution in [3.05, 3.63) is 22.7 Å². The summed E-state index contributed by atoms with van der Waals surface area (Å²) in [6.45, 7) is 6.60. The van der Waals surface area contributed by atoms with Gasteiger partial charge in [0.15, 0.2) is 0 Å². The minimum Gasteiger partial charge on any atom is -0.240 e. The maximum atomic E-state index is 4.24. The molecule has 0 radical (unpaired) electrons. The summed E-state index contributed by atoms with van der Waals surface area (Å²) in [6.07, 6.45) is 4.42. The van der Waals surface area contributed by atoms with Crippen molar-refractivity contribution in [2.24, 2.45) is 5.41 Å². The van der Waals surface area contributed by atoms with Crippen LogP contribution < -0.4 is 0 Å². The Morgan fingerprint density at radius 1 is 1.29 bits per heavy atom. The molecule has 1 unspecified atom stereocenters. The number of alkyl halides is 1. The van der Waals surface area contributed by atoms with Crippen molar-refractivity contribution in [3.8, 4) is 0 Å². The summed E-state index contributed by atoms with van der Waals surface area (Å²) >= 11 is 6.98. The fourth-order valence-electron chi connectivity index (χ4n) is 0.911. The lowest BCUT2D eigenvalue weighted by Gasteiger charge is -2.24. The van der Waals surface area contributed by atoms with Crippen LogP contribution in [0.25, 0.3) is 0 Å². The summed E-state index contributed by atoms with van der Waals surface area (Å²) in [5.74, 6) is 0.880. The normalized spacial score (nSPS) is 14.1. The molecule has 2 nitrogen and oxygen atoms in total. The highest BCUT2D eigenvalue weighted by molar-refractivity contribution is 9.10. The van der Waals surface area contributed by atoms with Gasteiger partial charge in [-0.2, -0.15) is 0 Å². The molecule has 1 aromatic rings. The van der Waals surface area contributed by atoms with Gasteiger partial charge in [-0.05, 0) is 21.3 Å². The molecule has 14 heavy (non-hydrogen) atoms. The zero-order valence-electron chi connectivity index (χ0n) is 8.59. The minimum atomic E-state index is 0.233. The number of rotatable bonds is 2. The third-order valence-corrected chi connectivity index (χ3v) is 4.08. The van der Waals surface area contributed by atoms with Gasteiger partial charge in [-0.3, -0.25) is 0 Å². The summed E-state index contributed by atoms with van der Waals surface area (Å²) in [6, 6.07) is 0. The van der Waals surface area contributed by atoms with Crippen LogP contribution in [-0.4, -0.2) is 14.8 Å². The first kappa shape index (κ1) is 12.1. The maximum Gasteiger partial charge on any atom is 0.129 e. The van der Waals surface area contributed by atoms with Crippen LogP contribution in [0.1, 0.15) is 26.6 Å². The first-order valence-corrected chi connectivity index (χ1v) is 6.21. The molecule has 1 heterocycles. The molecule has 0 bridgehead atoms. The summed E-state index contributed by atoms with van der Waals surface area (Å²) in [5.41, 5.74) is 0.233. The van der Waals surface area contributed by atoms with Crippen molar-refractivity contribution in [3.63, 3.8) is 0 Å². The molecule has 0 aliphatic heterocycles.